The summed E-state index contributed by atoms with van der Waals surface area (Å²) in [6.45, 7) is 9.49. The molecule has 3 aromatic rings. The molecule has 2 amide bonds. The van der Waals surface area contributed by atoms with Crippen molar-refractivity contribution in [2.45, 2.75) is 46.7 Å². The van der Waals surface area contributed by atoms with E-state index in [0.717, 1.165) is 16.7 Å². The fraction of sp³-hybridized carbons (Fsp3) is 0.385. The highest BCUT2D eigenvalue weighted by atomic mass is 16.2. The van der Waals surface area contributed by atoms with Crippen molar-refractivity contribution in [1.29, 1.82) is 0 Å². The van der Waals surface area contributed by atoms with Crippen LogP contribution in [0.5, 0.6) is 0 Å². The first-order valence-corrected chi connectivity index (χ1v) is 11.5. The maximum absolute atomic E-state index is 13.4. The van der Waals surface area contributed by atoms with E-state index >= 15 is 0 Å². The summed E-state index contributed by atoms with van der Waals surface area (Å²) in [5.74, 6) is 1.23. The molecule has 0 N–H and O–H groups in total. The van der Waals surface area contributed by atoms with E-state index in [-0.39, 0.29) is 18.4 Å². The fourth-order valence-corrected chi connectivity index (χ4v) is 4.58. The van der Waals surface area contributed by atoms with Crippen LogP contribution in [0, 0.1) is 20.8 Å². The predicted molar refractivity (Wildman–Crippen MR) is 128 cm³/mol. The third kappa shape index (κ3) is 4.82. The van der Waals surface area contributed by atoms with Crippen molar-refractivity contribution in [3.8, 4) is 11.1 Å². The molecule has 4 rings (SSSR count). The first-order valence-electron chi connectivity index (χ1n) is 11.5. The van der Waals surface area contributed by atoms with Gasteiger partial charge in [-0.2, -0.15) is 5.10 Å². The molecule has 2 heterocycles. The Labute approximate surface area is 195 Å². The molecule has 172 valence electrons. The van der Waals surface area contributed by atoms with E-state index in [4.69, 9.17) is 0 Å². The lowest BCUT2D eigenvalue weighted by Crippen LogP contribution is -2.60. The molecular formula is C26H31N5O2. The van der Waals surface area contributed by atoms with Crippen LogP contribution >= 0.6 is 0 Å². The SMILES string of the molecule is CCN1CCN(C(=O)Cn2nc(C)nc2C)[C@H](Cc2ccccc2-c2cccc(C)c2)C1=O. The number of hydrogen-bond donors (Lipinski definition) is 0. The van der Waals surface area contributed by atoms with Gasteiger partial charge < -0.3 is 9.80 Å². The molecule has 1 atom stereocenters. The molecule has 1 saturated heterocycles. The first-order chi connectivity index (χ1) is 15.9. The number of likely N-dealkylation sites (N-methyl/N-ethyl adjacent to an activating group) is 1. The zero-order valence-electron chi connectivity index (χ0n) is 19.8. The van der Waals surface area contributed by atoms with E-state index in [1.165, 1.54) is 5.56 Å². The minimum atomic E-state index is -0.540. The monoisotopic (exact) mass is 445 g/mol. The fourth-order valence-electron chi connectivity index (χ4n) is 4.58. The Balaban J connectivity index is 1.65. The summed E-state index contributed by atoms with van der Waals surface area (Å²) in [6.07, 6.45) is 0.473. The van der Waals surface area contributed by atoms with Crippen LogP contribution in [0.1, 0.15) is 29.7 Å². The van der Waals surface area contributed by atoms with E-state index in [9.17, 15) is 9.59 Å². The zero-order valence-corrected chi connectivity index (χ0v) is 19.8. The quantitative estimate of drug-likeness (QED) is 0.584. The lowest BCUT2D eigenvalue weighted by Gasteiger charge is -2.40. The lowest BCUT2D eigenvalue weighted by atomic mass is 9.92. The molecule has 1 aliphatic rings. The molecule has 0 spiro atoms. The van der Waals surface area contributed by atoms with Crippen molar-refractivity contribution in [1.82, 2.24) is 24.6 Å². The van der Waals surface area contributed by atoms with Crippen LogP contribution in [-0.4, -0.2) is 62.1 Å². The van der Waals surface area contributed by atoms with Gasteiger partial charge in [-0.15, -0.1) is 0 Å². The molecule has 0 saturated carbocycles. The standard InChI is InChI=1S/C26H31N5O2/c1-5-29-13-14-30(25(32)17-31-20(4)27-19(3)28-31)24(26(29)33)16-22-10-6-7-12-23(22)21-11-8-9-18(2)15-21/h6-12,15,24H,5,13-14,16-17H2,1-4H3/t24-/m1/s1. The molecule has 33 heavy (non-hydrogen) atoms. The van der Waals surface area contributed by atoms with E-state index in [0.29, 0.717) is 37.7 Å². The summed E-state index contributed by atoms with van der Waals surface area (Å²) in [7, 11) is 0. The molecule has 7 nitrogen and oxygen atoms in total. The highest BCUT2D eigenvalue weighted by Crippen LogP contribution is 2.27. The van der Waals surface area contributed by atoms with Gasteiger partial charge in [0.15, 0.2) is 0 Å². The molecule has 0 bridgehead atoms. The number of carbonyl (C=O) groups excluding carboxylic acids is 2. The van der Waals surface area contributed by atoms with Crippen LogP contribution in [0.25, 0.3) is 11.1 Å². The number of aromatic nitrogens is 3. The van der Waals surface area contributed by atoms with Gasteiger partial charge >= 0.3 is 0 Å². The first kappa shape index (κ1) is 22.7. The Morgan fingerprint density at radius 1 is 1.06 bits per heavy atom. The Kier molecular flexibility index (Phi) is 6.58. The van der Waals surface area contributed by atoms with Crippen molar-refractivity contribution < 1.29 is 9.59 Å². The molecule has 0 aliphatic carbocycles. The Hall–Kier alpha value is -3.48. The van der Waals surface area contributed by atoms with E-state index in [1.807, 2.05) is 43.9 Å². The molecule has 2 aromatic carbocycles. The summed E-state index contributed by atoms with van der Waals surface area (Å²) >= 11 is 0. The molecule has 7 heteroatoms. The topological polar surface area (TPSA) is 71.3 Å². The maximum Gasteiger partial charge on any atom is 0.245 e. The van der Waals surface area contributed by atoms with Crippen molar-refractivity contribution in [2.75, 3.05) is 19.6 Å². The van der Waals surface area contributed by atoms with Crippen LogP contribution < -0.4 is 0 Å². The number of amides is 2. The van der Waals surface area contributed by atoms with Crippen molar-refractivity contribution in [2.24, 2.45) is 0 Å². The lowest BCUT2D eigenvalue weighted by molar-refractivity contribution is -0.151. The maximum atomic E-state index is 13.4. The van der Waals surface area contributed by atoms with E-state index < -0.39 is 6.04 Å². The van der Waals surface area contributed by atoms with Crippen molar-refractivity contribution in [3.63, 3.8) is 0 Å². The zero-order chi connectivity index (χ0) is 23.5. The number of nitrogens with zero attached hydrogens (tertiary/aromatic N) is 5. The number of piperazine rings is 1. The highest BCUT2D eigenvalue weighted by Gasteiger charge is 2.37. The summed E-state index contributed by atoms with van der Waals surface area (Å²) in [5.41, 5.74) is 4.46. The third-order valence-corrected chi connectivity index (χ3v) is 6.29. The van der Waals surface area contributed by atoms with Gasteiger partial charge in [-0.3, -0.25) is 9.59 Å². The summed E-state index contributed by atoms with van der Waals surface area (Å²) in [6, 6.07) is 16.0. The van der Waals surface area contributed by atoms with Gasteiger partial charge in [-0.25, -0.2) is 9.67 Å². The summed E-state index contributed by atoms with van der Waals surface area (Å²) < 4.78 is 1.62. The average molecular weight is 446 g/mol. The van der Waals surface area contributed by atoms with E-state index in [2.05, 4.69) is 47.3 Å². The molecule has 1 aliphatic heterocycles. The van der Waals surface area contributed by atoms with Crippen molar-refractivity contribution in [3.05, 3.63) is 71.3 Å². The second-order valence-corrected chi connectivity index (χ2v) is 8.62. The van der Waals surface area contributed by atoms with Gasteiger partial charge in [0, 0.05) is 26.1 Å². The van der Waals surface area contributed by atoms with Gasteiger partial charge in [0.25, 0.3) is 0 Å². The van der Waals surface area contributed by atoms with Gasteiger partial charge in [0.05, 0.1) is 0 Å². The molecule has 0 radical (unpaired) electrons. The highest BCUT2D eigenvalue weighted by molar-refractivity contribution is 5.89. The van der Waals surface area contributed by atoms with Gasteiger partial charge in [-0.1, -0.05) is 54.1 Å². The van der Waals surface area contributed by atoms with Crippen LogP contribution in [0.4, 0.5) is 0 Å². The Morgan fingerprint density at radius 2 is 1.85 bits per heavy atom. The number of hydrogen-bond acceptors (Lipinski definition) is 4. The second-order valence-electron chi connectivity index (χ2n) is 8.62. The van der Waals surface area contributed by atoms with Crippen LogP contribution in [0.2, 0.25) is 0 Å². The van der Waals surface area contributed by atoms with Crippen LogP contribution in [-0.2, 0) is 22.6 Å². The van der Waals surface area contributed by atoms with E-state index in [1.54, 1.807) is 9.58 Å². The number of benzene rings is 2. The van der Waals surface area contributed by atoms with Gasteiger partial charge in [0.2, 0.25) is 11.8 Å². The van der Waals surface area contributed by atoms with Gasteiger partial charge in [-0.05, 0) is 44.4 Å². The number of carbonyl (C=O) groups is 2. The molecule has 0 unspecified atom stereocenters. The average Bonchev–Trinajstić information content (AvgIpc) is 3.11. The summed E-state index contributed by atoms with van der Waals surface area (Å²) in [4.78, 5) is 34.6. The number of aryl methyl sites for hydroxylation is 3. The molecule has 1 aromatic heterocycles. The normalized spacial score (nSPS) is 16.4. The minimum absolute atomic E-state index is 0.00244. The molecule has 1 fully saturated rings. The smallest absolute Gasteiger partial charge is 0.245 e. The van der Waals surface area contributed by atoms with Crippen LogP contribution in [0.3, 0.4) is 0 Å². The minimum Gasteiger partial charge on any atom is -0.339 e. The summed E-state index contributed by atoms with van der Waals surface area (Å²) in [5, 5.41) is 4.33. The Morgan fingerprint density at radius 3 is 2.55 bits per heavy atom. The number of rotatable bonds is 6. The second kappa shape index (κ2) is 9.57. The van der Waals surface area contributed by atoms with Crippen LogP contribution in [0.15, 0.2) is 48.5 Å². The largest absolute Gasteiger partial charge is 0.339 e. The Bertz CT molecular complexity index is 1170. The molecular weight excluding hydrogens is 414 g/mol. The van der Waals surface area contributed by atoms with Gasteiger partial charge in [0.1, 0.15) is 24.2 Å². The predicted octanol–water partition coefficient (Wildman–Crippen LogP) is 3.17. The third-order valence-electron chi connectivity index (χ3n) is 6.29. The van der Waals surface area contributed by atoms with Crippen molar-refractivity contribution >= 4 is 11.8 Å².